The van der Waals surface area contributed by atoms with Crippen molar-refractivity contribution in [2.75, 3.05) is 19.8 Å². The zero-order valence-corrected chi connectivity index (χ0v) is 18.5. The minimum atomic E-state index is -0.196. The van der Waals surface area contributed by atoms with Gasteiger partial charge < -0.3 is 19.5 Å². The Balaban J connectivity index is 1.34. The van der Waals surface area contributed by atoms with Crippen molar-refractivity contribution in [3.05, 3.63) is 96.3 Å². The average molecular weight is 443 g/mol. The number of fused-ring (bicyclic) bond motifs is 1. The Morgan fingerprint density at radius 3 is 2.52 bits per heavy atom. The van der Waals surface area contributed by atoms with E-state index in [9.17, 15) is 4.79 Å². The topological polar surface area (TPSA) is 69.7 Å². The highest BCUT2D eigenvalue weighted by atomic mass is 16.5. The van der Waals surface area contributed by atoms with Crippen LogP contribution in [0, 0.1) is 0 Å². The van der Waals surface area contributed by atoms with Crippen LogP contribution in [0.5, 0.6) is 17.2 Å². The molecule has 1 aromatic heterocycles. The molecule has 0 fully saturated rings. The first kappa shape index (κ1) is 22.1. The Bertz CT molecular complexity index is 1210. The number of carbonyl (C=O) groups excluding carboxylic acids is 1. The van der Waals surface area contributed by atoms with Crippen molar-refractivity contribution in [3.8, 4) is 17.2 Å². The highest BCUT2D eigenvalue weighted by molar-refractivity contribution is 5.95. The van der Waals surface area contributed by atoms with E-state index in [4.69, 9.17) is 14.2 Å². The van der Waals surface area contributed by atoms with Crippen LogP contribution in [0.2, 0.25) is 0 Å². The molecule has 6 heteroatoms. The van der Waals surface area contributed by atoms with Crippen molar-refractivity contribution >= 4 is 16.7 Å². The molecule has 0 saturated carbocycles. The summed E-state index contributed by atoms with van der Waals surface area (Å²) in [6.07, 6.45) is 3.44. The minimum Gasteiger partial charge on any atom is -0.491 e. The lowest BCUT2D eigenvalue weighted by Gasteiger charge is -2.14. The number of amides is 1. The lowest BCUT2D eigenvalue weighted by Crippen LogP contribution is -2.28. The van der Waals surface area contributed by atoms with Gasteiger partial charge in [-0.25, -0.2) is 0 Å². The number of hydrogen-bond donors (Lipinski definition) is 1. The molecule has 1 amide bonds. The number of ether oxygens (including phenoxy) is 3. The highest BCUT2D eigenvalue weighted by Gasteiger charge is 2.12. The normalized spacial score (nSPS) is 10.6. The van der Waals surface area contributed by atoms with Crippen LogP contribution in [0.1, 0.15) is 22.8 Å². The van der Waals surface area contributed by atoms with Crippen molar-refractivity contribution in [2.24, 2.45) is 0 Å². The van der Waals surface area contributed by atoms with E-state index in [2.05, 4.69) is 10.3 Å². The summed E-state index contributed by atoms with van der Waals surface area (Å²) in [6, 6.07) is 23.0. The van der Waals surface area contributed by atoms with E-state index in [1.54, 1.807) is 30.6 Å². The Morgan fingerprint density at radius 2 is 1.67 bits per heavy atom. The van der Waals surface area contributed by atoms with E-state index in [1.165, 1.54) is 0 Å². The van der Waals surface area contributed by atoms with Gasteiger partial charge in [0, 0.05) is 23.3 Å². The Labute approximate surface area is 193 Å². The summed E-state index contributed by atoms with van der Waals surface area (Å²) in [6.45, 7) is 3.50. The van der Waals surface area contributed by atoms with E-state index >= 15 is 0 Å². The van der Waals surface area contributed by atoms with Crippen molar-refractivity contribution in [1.29, 1.82) is 0 Å². The van der Waals surface area contributed by atoms with E-state index in [0.717, 1.165) is 22.1 Å². The summed E-state index contributed by atoms with van der Waals surface area (Å²) in [5, 5.41) is 5.07. The summed E-state index contributed by atoms with van der Waals surface area (Å²) >= 11 is 0. The molecule has 1 N–H and O–H groups in total. The molecule has 4 rings (SSSR count). The number of pyridine rings is 1. The Morgan fingerprint density at radius 1 is 0.848 bits per heavy atom. The second-order valence-electron chi connectivity index (χ2n) is 7.32. The van der Waals surface area contributed by atoms with E-state index in [-0.39, 0.29) is 5.91 Å². The second kappa shape index (κ2) is 11.0. The van der Waals surface area contributed by atoms with Gasteiger partial charge in [0.2, 0.25) is 0 Å². The van der Waals surface area contributed by atoms with Crippen molar-refractivity contribution < 1.29 is 19.0 Å². The predicted molar refractivity (Wildman–Crippen MR) is 128 cm³/mol. The summed E-state index contributed by atoms with van der Waals surface area (Å²) < 4.78 is 17.5. The van der Waals surface area contributed by atoms with Gasteiger partial charge in [0.05, 0.1) is 13.2 Å². The number of nitrogens with one attached hydrogen (secondary N) is 1. The zero-order chi connectivity index (χ0) is 22.9. The molecule has 0 radical (unpaired) electrons. The van der Waals surface area contributed by atoms with Crippen LogP contribution >= 0.6 is 0 Å². The monoisotopic (exact) mass is 442 g/mol. The number of carbonyl (C=O) groups is 1. The third kappa shape index (κ3) is 5.80. The minimum absolute atomic E-state index is 0.196. The van der Waals surface area contributed by atoms with Crippen LogP contribution in [0.4, 0.5) is 0 Å². The second-order valence-corrected chi connectivity index (χ2v) is 7.32. The molecule has 4 aromatic rings. The maximum absolute atomic E-state index is 12.6. The zero-order valence-electron chi connectivity index (χ0n) is 18.5. The Kier molecular flexibility index (Phi) is 7.38. The van der Waals surface area contributed by atoms with Crippen molar-refractivity contribution in [2.45, 2.75) is 13.5 Å². The summed E-state index contributed by atoms with van der Waals surface area (Å²) in [5.74, 6) is 1.73. The molecule has 0 atom stereocenters. The number of benzene rings is 3. The van der Waals surface area contributed by atoms with E-state index in [0.29, 0.717) is 43.4 Å². The molecule has 0 bridgehead atoms. The molecule has 3 aromatic carbocycles. The first-order valence-corrected chi connectivity index (χ1v) is 10.9. The standard InChI is InChI=1S/C27H26N2O4/c1-2-31-26-18-22(10-11-25(26)33-19-20-12-14-28-15-13-20)27(30)29-16-17-32-24-9-5-7-21-6-3-4-8-23(21)24/h3-15,18H,2,16-17,19H2,1H3,(H,29,30). The van der Waals surface area contributed by atoms with E-state index < -0.39 is 0 Å². The fraction of sp³-hybridized carbons (Fsp3) is 0.185. The van der Waals surface area contributed by atoms with Crippen LogP contribution < -0.4 is 19.5 Å². The first-order valence-electron chi connectivity index (χ1n) is 10.9. The van der Waals surface area contributed by atoms with Crippen molar-refractivity contribution in [1.82, 2.24) is 10.3 Å². The molecule has 0 saturated heterocycles. The van der Waals surface area contributed by atoms with Gasteiger partial charge in [-0.2, -0.15) is 0 Å². The number of hydrogen-bond acceptors (Lipinski definition) is 5. The lowest BCUT2D eigenvalue weighted by molar-refractivity contribution is 0.0946. The fourth-order valence-electron chi connectivity index (χ4n) is 3.43. The maximum Gasteiger partial charge on any atom is 0.251 e. The molecule has 33 heavy (non-hydrogen) atoms. The molecular formula is C27H26N2O4. The third-order valence-electron chi connectivity index (χ3n) is 5.04. The summed E-state index contributed by atoms with van der Waals surface area (Å²) in [5.41, 5.74) is 1.50. The molecule has 168 valence electrons. The van der Waals surface area contributed by atoms with Gasteiger partial charge in [-0.3, -0.25) is 9.78 Å². The van der Waals surface area contributed by atoms with Crippen LogP contribution in [-0.4, -0.2) is 30.6 Å². The molecule has 0 spiro atoms. The van der Waals surface area contributed by atoms with Gasteiger partial charge in [-0.1, -0.05) is 36.4 Å². The molecular weight excluding hydrogens is 416 g/mol. The van der Waals surface area contributed by atoms with Crippen LogP contribution in [0.15, 0.2) is 85.2 Å². The van der Waals surface area contributed by atoms with Gasteiger partial charge in [-0.05, 0) is 54.3 Å². The molecule has 1 heterocycles. The van der Waals surface area contributed by atoms with Gasteiger partial charge in [0.15, 0.2) is 11.5 Å². The molecule has 0 aliphatic rings. The summed E-state index contributed by atoms with van der Waals surface area (Å²) in [7, 11) is 0. The maximum atomic E-state index is 12.6. The lowest BCUT2D eigenvalue weighted by atomic mass is 10.1. The predicted octanol–water partition coefficient (Wildman–Crippen LogP) is 5.02. The number of rotatable bonds is 10. The third-order valence-corrected chi connectivity index (χ3v) is 5.04. The SMILES string of the molecule is CCOc1cc(C(=O)NCCOc2cccc3ccccc23)ccc1OCc1ccncc1. The molecule has 0 aliphatic carbocycles. The molecule has 6 nitrogen and oxygen atoms in total. The van der Waals surface area contributed by atoms with Crippen LogP contribution in [-0.2, 0) is 6.61 Å². The van der Waals surface area contributed by atoms with Gasteiger partial charge >= 0.3 is 0 Å². The van der Waals surface area contributed by atoms with E-state index in [1.807, 2.05) is 61.5 Å². The van der Waals surface area contributed by atoms with Gasteiger partial charge in [0.25, 0.3) is 5.91 Å². The fourth-order valence-corrected chi connectivity index (χ4v) is 3.43. The smallest absolute Gasteiger partial charge is 0.251 e. The Hall–Kier alpha value is -4.06. The van der Waals surface area contributed by atoms with Crippen LogP contribution in [0.25, 0.3) is 10.8 Å². The molecule has 0 unspecified atom stereocenters. The molecule has 0 aliphatic heterocycles. The van der Waals surface area contributed by atoms with Crippen molar-refractivity contribution in [3.63, 3.8) is 0 Å². The average Bonchev–Trinajstić information content (AvgIpc) is 2.86. The quantitative estimate of drug-likeness (QED) is 0.349. The summed E-state index contributed by atoms with van der Waals surface area (Å²) in [4.78, 5) is 16.7. The number of aromatic nitrogens is 1. The highest BCUT2D eigenvalue weighted by Crippen LogP contribution is 2.29. The first-order chi connectivity index (χ1) is 16.2. The van der Waals surface area contributed by atoms with Gasteiger partial charge in [0.1, 0.15) is 19.0 Å². The van der Waals surface area contributed by atoms with Crippen LogP contribution in [0.3, 0.4) is 0 Å². The largest absolute Gasteiger partial charge is 0.491 e. The number of nitrogens with zero attached hydrogens (tertiary/aromatic N) is 1. The van der Waals surface area contributed by atoms with Gasteiger partial charge in [-0.15, -0.1) is 0 Å².